The molecule has 0 aliphatic carbocycles. The molecule has 2 rings (SSSR count). The van der Waals surface area contributed by atoms with Crippen LogP contribution in [0.4, 0.5) is 5.69 Å². The van der Waals surface area contributed by atoms with E-state index in [0.29, 0.717) is 11.3 Å². The molecule has 1 amide bonds. The van der Waals surface area contributed by atoms with Gasteiger partial charge in [0.25, 0.3) is 5.91 Å². The first-order valence-electron chi connectivity index (χ1n) is 6.77. The molecule has 19 heavy (non-hydrogen) atoms. The Kier molecular flexibility index (Phi) is 4.37. The number of aromatic nitrogens is 1. The highest BCUT2D eigenvalue weighted by atomic mass is 16.3. The van der Waals surface area contributed by atoms with Crippen molar-refractivity contribution in [1.29, 1.82) is 0 Å². The van der Waals surface area contributed by atoms with E-state index in [0.717, 1.165) is 37.9 Å². The number of hydrogen-bond acceptors (Lipinski definition) is 4. The zero-order chi connectivity index (χ0) is 13.8. The molecule has 5 heteroatoms. The van der Waals surface area contributed by atoms with Gasteiger partial charge in [0.15, 0.2) is 0 Å². The van der Waals surface area contributed by atoms with Crippen LogP contribution in [-0.4, -0.2) is 40.1 Å². The minimum atomic E-state index is -0.0366. The minimum Gasteiger partial charge on any atom is -0.398 e. The Balaban J connectivity index is 2.13. The van der Waals surface area contributed by atoms with Crippen molar-refractivity contribution >= 4 is 11.6 Å². The van der Waals surface area contributed by atoms with Gasteiger partial charge in [-0.1, -0.05) is 0 Å². The van der Waals surface area contributed by atoms with Gasteiger partial charge in [0.2, 0.25) is 0 Å². The first kappa shape index (κ1) is 13.8. The number of carbonyl (C=O) groups is 1. The summed E-state index contributed by atoms with van der Waals surface area (Å²) in [6, 6.07) is 1.95. The SMILES string of the molecule is Cc1cc(N)c(C(=O)N2CCCC2CCCO)cn1. The van der Waals surface area contributed by atoms with E-state index >= 15 is 0 Å². The van der Waals surface area contributed by atoms with Crippen LogP contribution in [0.3, 0.4) is 0 Å². The number of nitrogens with zero attached hydrogens (tertiary/aromatic N) is 2. The van der Waals surface area contributed by atoms with Crippen LogP contribution in [0, 0.1) is 6.92 Å². The number of aryl methyl sites for hydroxylation is 1. The maximum Gasteiger partial charge on any atom is 0.257 e. The molecular formula is C14H21N3O2. The Morgan fingerprint density at radius 2 is 2.42 bits per heavy atom. The number of likely N-dealkylation sites (tertiary alicyclic amines) is 1. The summed E-state index contributed by atoms with van der Waals surface area (Å²) in [6.07, 6.45) is 5.16. The first-order chi connectivity index (χ1) is 9.13. The second-order valence-electron chi connectivity index (χ2n) is 5.07. The molecule has 0 bridgehead atoms. The highest BCUT2D eigenvalue weighted by Gasteiger charge is 2.29. The van der Waals surface area contributed by atoms with Crippen molar-refractivity contribution in [2.24, 2.45) is 0 Å². The molecule has 2 heterocycles. The number of anilines is 1. The average molecular weight is 263 g/mol. The monoisotopic (exact) mass is 263 g/mol. The van der Waals surface area contributed by atoms with Crippen LogP contribution < -0.4 is 5.73 Å². The number of amides is 1. The smallest absolute Gasteiger partial charge is 0.257 e. The third-order valence-electron chi connectivity index (χ3n) is 3.64. The van der Waals surface area contributed by atoms with Gasteiger partial charge in [-0.2, -0.15) is 0 Å². The molecule has 1 aliphatic heterocycles. The molecule has 3 N–H and O–H groups in total. The second-order valence-corrected chi connectivity index (χ2v) is 5.07. The van der Waals surface area contributed by atoms with E-state index in [4.69, 9.17) is 10.8 Å². The number of pyridine rings is 1. The molecule has 104 valence electrons. The zero-order valence-electron chi connectivity index (χ0n) is 11.3. The minimum absolute atomic E-state index is 0.0366. The molecule has 1 aliphatic rings. The first-order valence-corrected chi connectivity index (χ1v) is 6.77. The second kappa shape index (κ2) is 6.02. The predicted octanol–water partition coefficient (Wildman–Crippen LogP) is 1.35. The van der Waals surface area contributed by atoms with Gasteiger partial charge in [0.1, 0.15) is 0 Å². The van der Waals surface area contributed by atoms with Gasteiger partial charge in [-0.3, -0.25) is 9.78 Å². The Morgan fingerprint density at radius 3 is 3.11 bits per heavy atom. The Bertz CT molecular complexity index is 462. The van der Waals surface area contributed by atoms with Crippen molar-refractivity contribution in [3.05, 3.63) is 23.5 Å². The number of carbonyl (C=O) groups excluding carboxylic acids is 1. The number of aliphatic hydroxyl groups is 1. The van der Waals surface area contributed by atoms with Crippen molar-refractivity contribution in [2.75, 3.05) is 18.9 Å². The number of nitrogen functional groups attached to an aromatic ring is 1. The van der Waals surface area contributed by atoms with Gasteiger partial charge in [0.05, 0.1) is 5.56 Å². The van der Waals surface area contributed by atoms with Gasteiger partial charge >= 0.3 is 0 Å². The molecule has 1 atom stereocenters. The maximum absolute atomic E-state index is 12.5. The molecule has 0 aromatic carbocycles. The Labute approximate surface area is 113 Å². The summed E-state index contributed by atoms with van der Waals surface area (Å²) < 4.78 is 0. The van der Waals surface area contributed by atoms with E-state index in [1.807, 2.05) is 11.8 Å². The molecule has 0 radical (unpaired) electrons. The van der Waals surface area contributed by atoms with Crippen LogP contribution >= 0.6 is 0 Å². The van der Waals surface area contributed by atoms with Crippen LogP contribution in [0.25, 0.3) is 0 Å². The van der Waals surface area contributed by atoms with Gasteiger partial charge in [-0.05, 0) is 38.7 Å². The summed E-state index contributed by atoms with van der Waals surface area (Å²) in [4.78, 5) is 18.5. The van der Waals surface area contributed by atoms with Crippen LogP contribution in [0.1, 0.15) is 41.7 Å². The Hall–Kier alpha value is -1.62. The molecule has 1 saturated heterocycles. The number of rotatable bonds is 4. The largest absolute Gasteiger partial charge is 0.398 e. The van der Waals surface area contributed by atoms with E-state index < -0.39 is 0 Å². The lowest BCUT2D eigenvalue weighted by atomic mass is 10.1. The molecule has 5 nitrogen and oxygen atoms in total. The highest BCUT2D eigenvalue weighted by molar-refractivity contribution is 5.99. The lowest BCUT2D eigenvalue weighted by Crippen LogP contribution is -2.36. The molecule has 1 aromatic heterocycles. The van der Waals surface area contributed by atoms with Crippen molar-refractivity contribution in [1.82, 2.24) is 9.88 Å². The summed E-state index contributed by atoms with van der Waals surface area (Å²) in [6.45, 7) is 2.79. The van der Waals surface area contributed by atoms with Crippen LogP contribution in [0.2, 0.25) is 0 Å². The summed E-state index contributed by atoms with van der Waals surface area (Å²) in [7, 11) is 0. The van der Waals surface area contributed by atoms with Crippen LogP contribution in [0.15, 0.2) is 12.3 Å². The van der Waals surface area contributed by atoms with E-state index in [1.165, 1.54) is 0 Å². The van der Waals surface area contributed by atoms with Gasteiger partial charge in [0, 0.05) is 36.8 Å². The lowest BCUT2D eigenvalue weighted by Gasteiger charge is -2.25. The molecule has 0 spiro atoms. The fourth-order valence-corrected chi connectivity index (χ4v) is 2.64. The predicted molar refractivity (Wildman–Crippen MR) is 73.8 cm³/mol. The molecular weight excluding hydrogens is 242 g/mol. The zero-order valence-corrected chi connectivity index (χ0v) is 11.3. The standard InChI is InChI=1S/C14H21N3O2/c1-10-8-13(15)12(9-16-10)14(19)17-6-2-4-11(17)5-3-7-18/h8-9,11,18H,2-7H2,1H3,(H2,15,16). The van der Waals surface area contributed by atoms with Gasteiger partial charge in [-0.15, -0.1) is 0 Å². The Morgan fingerprint density at radius 1 is 1.63 bits per heavy atom. The van der Waals surface area contributed by atoms with E-state index in [9.17, 15) is 4.79 Å². The quantitative estimate of drug-likeness (QED) is 0.859. The third kappa shape index (κ3) is 3.04. The lowest BCUT2D eigenvalue weighted by molar-refractivity contribution is 0.0725. The van der Waals surface area contributed by atoms with Crippen LogP contribution in [-0.2, 0) is 0 Å². The highest BCUT2D eigenvalue weighted by Crippen LogP contribution is 2.25. The summed E-state index contributed by atoms with van der Waals surface area (Å²) in [5.41, 5.74) is 7.70. The maximum atomic E-state index is 12.5. The van der Waals surface area contributed by atoms with Gasteiger partial charge in [-0.25, -0.2) is 0 Å². The van der Waals surface area contributed by atoms with E-state index in [-0.39, 0.29) is 18.6 Å². The van der Waals surface area contributed by atoms with Crippen molar-refractivity contribution in [2.45, 2.75) is 38.6 Å². The molecule has 0 saturated carbocycles. The summed E-state index contributed by atoms with van der Waals surface area (Å²) in [5.74, 6) is -0.0366. The number of aliphatic hydroxyl groups excluding tert-OH is 1. The van der Waals surface area contributed by atoms with Crippen LogP contribution in [0.5, 0.6) is 0 Å². The fourth-order valence-electron chi connectivity index (χ4n) is 2.64. The summed E-state index contributed by atoms with van der Waals surface area (Å²) in [5, 5.41) is 8.91. The van der Waals surface area contributed by atoms with Crippen molar-refractivity contribution in [3.8, 4) is 0 Å². The normalized spacial score (nSPS) is 18.8. The van der Waals surface area contributed by atoms with E-state index in [1.54, 1.807) is 12.3 Å². The molecule has 1 aromatic rings. The summed E-state index contributed by atoms with van der Waals surface area (Å²) >= 11 is 0. The van der Waals surface area contributed by atoms with Gasteiger partial charge < -0.3 is 15.7 Å². The topological polar surface area (TPSA) is 79.5 Å². The number of hydrogen-bond donors (Lipinski definition) is 2. The van der Waals surface area contributed by atoms with Crippen molar-refractivity contribution in [3.63, 3.8) is 0 Å². The number of nitrogens with two attached hydrogens (primary N) is 1. The molecule has 1 fully saturated rings. The average Bonchev–Trinajstić information content (AvgIpc) is 2.83. The molecule has 1 unspecified atom stereocenters. The van der Waals surface area contributed by atoms with Crippen molar-refractivity contribution < 1.29 is 9.90 Å². The third-order valence-corrected chi connectivity index (χ3v) is 3.64. The fraction of sp³-hybridized carbons (Fsp3) is 0.571. The van der Waals surface area contributed by atoms with E-state index in [2.05, 4.69) is 4.98 Å².